The van der Waals surface area contributed by atoms with Crippen molar-refractivity contribution in [2.75, 3.05) is 24.0 Å². The highest BCUT2D eigenvalue weighted by molar-refractivity contribution is 7.98. The zero-order chi connectivity index (χ0) is 19.4. The molecule has 0 aliphatic rings. The highest BCUT2D eigenvalue weighted by atomic mass is 32.2. The highest BCUT2D eigenvalue weighted by Crippen LogP contribution is 2.07. The molecule has 2 atom stereocenters. The van der Waals surface area contributed by atoms with Gasteiger partial charge in [-0.2, -0.15) is 23.5 Å². The van der Waals surface area contributed by atoms with Crippen LogP contribution in [0.1, 0.15) is 24.2 Å². The molecular formula is C17H23N3O4S2. The minimum Gasteiger partial charge on any atom is -0.480 e. The molecule has 142 valence electrons. The minimum absolute atomic E-state index is 0.448. The summed E-state index contributed by atoms with van der Waals surface area (Å²) in [4.78, 5) is 34.9. The van der Waals surface area contributed by atoms with Crippen molar-refractivity contribution in [3.05, 3.63) is 29.6 Å². The molecule has 2 N–H and O–H groups in total. The van der Waals surface area contributed by atoms with E-state index in [0.29, 0.717) is 35.7 Å². The summed E-state index contributed by atoms with van der Waals surface area (Å²) in [7, 11) is 0. The summed E-state index contributed by atoms with van der Waals surface area (Å²) in [5, 5.41) is 18.4. The van der Waals surface area contributed by atoms with Gasteiger partial charge < -0.3 is 10.2 Å². The van der Waals surface area contributed by atoms with Gasteiger partial charge in [0.05, 0.1) is 11.4 Å². The van der Waals surface area contributed by atoms with Crippen LogP contribution in [-0.2, 0) is 9.59 Å². The van der Waals surface area contributed by atoms with E-state index in [1.165, 1.54) is 12.4 Å². The average Bonchev–Trinajstić information content (AvgIpc) is 2.61. The third kappa shape index (κ3) is 8.48. The SMILES string of the molecule is CSCC[C@H](N=Cc1cccc(C=N[C@@H](CCSC)C(=O)O)n1)C(=O)O. The van der Waals surface area contributed by atoms with Gasteiger partial charge in [0.2, 0.25) is 0 Å². The maximum Gasteiger partial charge on any atom is 0.328 e. The molecule has 1 rings (SSSR count). The summed E-state index contributed by atoms with van der Waals surface area (Å²) in [6, 6.07) is 3.55. The summed E-state index contributed by atoms with van der Waals surface area (Å²) in [5.41, 5.74) is 1.00. The zero-order valence-corrected chi connectivity index (χ0v) is 16.4. The van der Waals surface area contributed by atoms with Crippen LogP contribution in [0.2, 0.25) is 0 Å². The van der Waals surface area contributed by atoms with Gasteiger partial charge in [-0.1, -0.05) is 6.07 Å². The molecule has 1 aromatic heterocycles. The summed E-state index contributed by atoms with van der Waals surface area (Å²) in [6.45, 7) is 0. The Hall–Kier alpha value is -1.87. The van der Waals surface area contributed by atoms with Crippen LogP contribution in [0.25, 0.3) is 0 Å². The van der Waals surface area contributed by atoms with Crippen molar-refractivity contribution in [1.29, 1.82) is 0 Å². The van der Waals surface area contributed by atoms with Gasteiger partial charge in [0.25, 0.3) is 0 Å². The third-order valence-electron chi connectivity index (χ3n) is 3.33. The minimum atomic E-state index is -0.967. The normalized spacial score (nSPS) is 13.9. The van der Waals surface area contributed by atoms with Crippen molar-refractivity contribution in [2.45, 2.75) is 24.9 Å². The smallest absolute Gasteiger partial charge is 0.328 e. The van der Waals surface area contributed by atoms with Crippen LogP contribution in [0.15, 0.2) is 28.2 Å². The van der Waals surface area contributed by atoms with Crippen molar-refractivity contribution in [1.82, 2.24) is 4.98 Å². The Kier molecular flexibility index (Phi) is 10.6. The third-order valence-corrected chi connectivity index (χ3v) is 4.61. The lowest BCUT2D eigenvalue weighted by atomic mass is 10.2. The van der Waals surface area contributed by atoms with Crippen LogP contribution in [0.4, 0.5) is 0 Å². The van der Waals surface area contributed by atoms with Crippen LogP contribution >= 0.6 is 23.5 Å². The molecule has 0 spiro atoms. The second-order valence-corrected chi connectivity index (χ2v) is 7.29. The van der Waals surface area contributed by atoms with Crippen LogP contribution in [0.3, 0.4) is 0 Å². The fourth-order valence-electron chi connectivity index (χ4n) is 1.93. The Balaban J connectivity index is 2.83. The predicted molar refractivity (Wildman–Crippen MR) is 108 cm³/mol. The van der Waals surface area contributed by atoms with E-state index in [-0.39, 0.29) is 0 Å². The van der Waals surface area contributed by atoms with Crippen molar-refractivity contribution in [3.8, 4) is 0 Å². The van der Waals surface area contributed by atoms with Gasteiger partial charge >= 0.3 is 11.9 Å². The first kappa shape index (κ1) is 22.2. The van der Waals surface area contributed by atoms with Gasteiger partial charge in [-0.25, -0.2) is 14.6 Å². The van der Waals surface area contributed by atoms with Crippen LogP contribution in [-0.4, -0.2) is 75.7 Å². The lowest BCUT2D eigenvalue weighted by Gasteiger charge is -2.06. The molecule has 26 heavy (non-hydrogen) atoms. The lowest BCUT2D eigenvalue weighted by molar-refractivity contribution is -0.139. The van der Waals surface area contributed by atoms with Gasteiger partial charge in [0.1, 0.15) is 12.1 Å². The summed E-state index contributed by atoms with van der Waals surface area (Å²) in [6.07, 6.45) is 7.58. The van der Waals surface area contributed by atoms with E-state index in [2.05, 4.69) is 15.0 Å². The molecule has 0 amide bonds. The van der Waals surface area contributed by atoms with Crippen LogP contribution in [0.5, 0.6) is 0 Å². The van der Waals surface area contributed by atoms with E-state index in [1.54, 1.807) is 41.7 Å². The topological polar surface area (TPSA) is 112 Å². The first-order valence-corrected chi connectivity index (χ1v) is 10.7. The summed E-state index contributed by atoms with van der Waals surface area (Å²) in [5.74, 6) is -0.514. The fraction of sp³-hybridized carbons (Fsp3) is 0.471. The Morgan fingerprint density at radius 1 is 1.00 bits per heavy atom. The predicted octanol–water partition coefficient (Wildman–Crippen LogP) is 2.33. The highest BCUT2D eigenvalue weighted by Gasteiger charge is 2.15. The number of aromatic nitrogens is 1. The molecule has 0 unspecified atom stereocenters. The molecule has 0 aromatic carbocycles. The average molecular weight is 398 g/mol. The number of rotatable bonds is 12. The lowest BCUT2D eigenvalue weighted by Crippen LogP contribution is -2.19. The zero-order valence-electron chi connectivity index (χ0n) is 14.7. The maximum absolute atomic E-state index is 11.2. The Labute approximate surface area is 161 Å². The van der Waals surface area contributed by atoms with Crippen LogP contribution in [0, 0.1) is 0 Å². The molecule has 0 aliphatic heterocycles. The molecular weight excluding hydrogens is 374 g/mol. The second-order valence-electron chi connectivity index (χ2n) is 5.31. The van der Waals surface area contributed by atoms with E-state index in [0.717, 1.165) is 0 Å². The number of thioether (sulfide) groups is 2. The van der Waals surface area contributed by atoms with Gasteiger partial charge in [-0.15, -0.1) is 0 Å². The standard InChI is InChI=1S/C17H23N3O4S2/c1-25-8-6-14(16(21)22)18-10-12-4-3-5-13(20-12)11-19-15(17(23)24)7-9-26-2/h3-5,10-11,14-15H,6-9H2,1-2H3,(H,21,22)(H,23,24)/t14-,15-/m0/s1. The number of hydrogen-bond acceptors (Lipinski definition) is 7. The van der Waals surface area contributed by atoms with Crippen molar-refractivity contribution >= 4 is 47.9 Å². The van der Waals surface area contributed by atoms with Gasteiger partial charge in [0.15, 0.2) is 0 Å². The molecule has 0 radical (unpaired) electrons. The quantitative estimate of drug-likeness (QED) is 0.521. The molecule has 9 heteroatoms. The number of pyridine rings is 1. The number of aliphatic imine (C=N–C) groups is 2. The Bertz CT molecular complexity index is 601. The van der Waals surface area contributed by atoms with E-state index >= 15 is 0 Å². The maximum atomic E-state index is 11.2. The first-order valence-electron chi connectivity index (χ1n) is 7.94. The molecule has 1 aromatic rings. The van der Waals surface area contributed by atoms with E-state index in [4.69, 9.17) is 0 Å². The molecule has 7 nitrogen and oxygen atoms in total. The second kappa shape index (κ2) is 12.5. The van der Waals surface area contributed by atoms with E-state index in [1.807, 2.05) is 12.5 Å². The number of aliphatic carboxylic acids is 2. The Morgan fingerprint density at radius 3 is 1.77 bits per heavy atom. The number of carbonyl (C=O) groups is 2. The number of carboxylic acid groups (broad SMARTS) is 2. The number of hydrogen-bond donors (Lipinski definition) is 2. The largest absolute Gasteiger partial charge is 0.480 e. The molecule has 0 saturated carbocycles. The summed E-state index contributed by atoms with van der Waals surface area (Å²) >= 11 is 3.14. The number of nitrogens with zero attached hydrogens (tertiary/aromatic N) is 3. The van der Waals surface area contributed by atoms with Crippen molar-refractivity contribution in [3.63, 3.8) is 0 Å². The molecule has 0 aliphatic carbocycles. The number of carboxylic acids is 2. The van der Waals surface area contributed by atoms with E-state index < -0.39 is 24.0 Å². The van der Waals surface area contributed by atoms with Crippen LogP contribution < -0.4 is 0 Å². The van der Waals surface area contributed by atoms with Crippen molar-refractivity contribution < 1.29 is 19.8 Å². The van der Waals surface area contributed by atoms with Gasteiger partial charge in [0, 0.05) is 12.4 Å². The Morgan fingerprint density at radius 2 is 1.42 bits per heavy atom. The van der Waals surface area contributed by atoms with Gasteiger partial charge in [-0.3, -0.25) is 9.98 Å². The summed E-state index contributed by atoms with van der Waals surface area (Å²) < 4.78 is 0. The monoisotopic (exact) mass is 397 g/mol. The van der Waals surface area contributed by atoms with Crippen molar-refractivity contribution in [2.24, 2.45) is 9.98 Å². The fourth-order valence-corrected chi connectivity index (χ4v) is 2.85. The molecule has 1 heterocycles. The molecule has 0 saturated heterocycles. The van der Waals surface area contributed by atoms with Gasteiger partial charge in [-0.05, 0) is 49.0 Å². The first-order chi connectivity index (χ1) is 12.5. The van der Waals surface area contributed by atoms with E-state index in [9.17, 15) is 19.8 Å². The molecule has 0 bridgehead atoms. The molecule has 0 fully saturated rings.